The van der Waals surface area contributed by atoms with Gasteiger partial charge in [-0.2, -0.15) is 0 Å². The standard InChI is InChI=1S/C13H28O4S.Na/c1-3-9-13(14)11-8-6-4-5-7-10-12(2)18(15,16)17;/h12-14H,3-11H2,1-2H3,(H,15,16,17);/q;+1/p-1. The van der Waals surface area contributed by atoms with Crippen LogP contribution in [0.1, 0.15) is 71.6 Å². The van der Waals surface area contributed by atoms with Crippen LogP contribution in [0.2, 0.25) is 0 Å². The average molecular weight is 302 g/mol. The van der Waals surface area contributed by atoms with E-state index >= 15 is 0 Å². The van der Waals surface area contributed by atoms with E-state index in [4.69, 9.17) is 0 Å². The Bertz CT molecular complexity index is 293. The van der Waals surface area contributed by atoms with Crippen molar-refractivity contribution in [3.63, 3.8) is 0 Å². The van der Waals surface area contributed by atoms with Crippen LogP contribution in [-0.4, -0.2) is 29.4 Å². The predicted octanol–water partition coefficient (Wildman–Crippen LogP) is -0.184. The number of rotatable bonds is 11. The zero-order chi connectivity index (χ0) is 14.0. The smallest absolute Gasteiger partial charge is 0.748 e. The second kappa shape index (κ2) is 12.6. The van der Waals surface area contributed by atoms with Gasteiger partial charge in [-0.15, -0.1) is 0 Å². The van der Waals surface area contributed by atoms with Crippen LogP contribution >= 0.6 is 0 Å². The van der Waals surface area contributed by atoms with Crippen LogP contribution in [-0.2, 0) is 10.1 Å². The molecule has 0 rings (SSSR count). The monoisotopic (exact) mass is 302 g/mol. The van der Waals surface area contributed by atoms with E-state index in [0.717, 1.165) is 51.4 Å². The van der Waals surface area contributed by atoms with Crippen molar-refractivity contribution >= 4 is 10.1 Å². The maximum Gasteiger partial charge on any atom is 1.00 e. The van der Waals surface area contributed by atoms with Crippen molar-refractivity contribution in [3.8, 4) is 0 Å². The second-order valence-corrected chi connectivity index (χ2v) is 6.88. The van der Waals surface area contributed by atoms with Gasteiger partial charge in [0.15, 0.2) is 0 Å². The first-order valence-electron chi connectivity index (χ1n) is 7.00. The van der Waals surface area contributed by atoms with Gasteiger partial charge in [-0.05, 0) is 26.2 Å². The van der Waals surface area contributed by atoms with Crippen molar-refractivity contribution in [1.29, 1.82) is 0 Å². The van der Waals surface area contributed by atoms with Crippen LogP contribution in [0.3, 0.4) is 0 Å². The van der Waals surface area contributed by atoms with Crippen molar-refractivity contribution in [3.05, 3.63) is 0 Å². The fourth-order valence-corrected chi connectivity index (χ4v) is 2.42. The van der Waals surface area contributed by atoms with Gasteiger partial charge in [0, 0.05) is 5.25 Å². The van der Waals surface area contributed by atoms with Crippen LogP contribution < -0.4 is 29.6 Å². The summed E-state index contributed by atoms with van der Waals surface area (Å²) in [7, 11) is -4.10. The Balaban J connectivity index is 0. The minimum absolute atomic E-state index is 0. The molecule has 1 N–H and O–H groups in total. The molecule has 0 aliphatic heterocycles. The van der Waals surface area contributed by atoms with E-state index in [0.29, 0.717) is 6.42 Å². The third kappa shape index (κ3) is 13.6. The Morgan fingerprint density at radius 3 is 1.95 bits per heavy atom. The van der Waals surface area contributed by atoms with Gasteiger partial charge >= 0.3 is 29.6 Å². The van der Waals surface area contributed by atoms with E-state index in [1.807, 2.05) is 0 Å². The minimum Gasteiger partial charge on any atom is -0.748 e. The van der Waals surface area contributed by atoms with Gasteiger partial charge in [0.05, 0.1) is 16.2 Å². The SMILES string of the molecule is CCCC(O)CCCCCCCC(C)S(=O)(=O)[O-].[Na+]. The average Bonchev–Trinajstić information content (AvgIpc) is 2.26. The number of aliphatic hydroxyl groups is 1. The fourth-order valence-electron chi connectivity index (χ4n) is 1.96. The summed E-state index contributed by atoms with van der Waals surface area (Å²) in [6, 6.07) is 0. The first-order chi connectivity index (χ1) is 8.38. The van der Waals surface area contributed by atoms with Gasteiger partial charge in [-0.1, -0.05) is 45.4 Å². The topological polar surface area (TPSA) is 77.4 Å². The Kier molecular flexibility index (Phi) is 14.7. The molecule has 2 unspecified atom stereocenters. The summed E-state index contributed by atoms with van der Waals surface area (Å²) >= 11 is 0. The largest absolute Gasteiger partial charge is 1.00 e. The first-order valence-corrected chi connectivity index (χ1v) is 8.47. The Labute approximate surface area is 140 Å². The van der Waals surface area contributed by atoms with E-state index in [1.165, 1.54) is 6.92 Å². The van der Waals surface area contributed by atoms with Crippen molar-refractivity contribution in [2.75, 3.05) is 0 Å². The molecule has 6 heteroatoms. The molecular formula is C13H27NaO4S. The molecule has 110 valence electrons. The molecule has 0 spiro atoms. The van der Waals surface area contributed by atoms with E-state index in [9.17, 15) is 18.1 Å². The van der Waals surface area contributed by atoms with Crippen LogP contribution in [0.4, 0.5) is 0 Å². The maximum atomic E-state index is 10.7. The van der Waals surface area contributed by atoms with Crippen molar-refractivity contribution in [1.82, 2.24) is 0 Å². The Morgan fingerprint density at radius 1 is 1.00 bits per heavy atom. The summed E-state index contributed by atoms with van der Waals surface area (Å²) in [5.41, 5.74) is 0. The number of aliphatic hydroxyl groups excluding tert-OH is 1. The second-order valence-electron chi connectivity index (χ2n) is 5.09. The van der Waals surface area contributed by atoms with Crippen LogP contribution in [0, 0.1) is 0 Å². The molecule has 0 aliphatic carbocycles. The van der Waals surface area contributed by atoms with E-state index in [-0.39, 0.29) is 35.7 Å². The van der Waals surface area contributed by atoms with Crippen molar-refractivity contribution < 1.29 is 47.6 Å². The van der Waals surface area contributed by atoms with Crippen LogP contribution in [0.25, 0.3) is 0 Å². The molecule has 4 nitrogen and oxygen atoms in total. The zero-order valence-electron chi connectivity index (χ0n) is 12.6. The van der Waals surface area contributed by atoms with Gasteiger partial charge in [0.2, 0.25) is 0 Å². The molecule has 0 radical (unpaired) electrons. The zero-order valence-corrected chi connectivity index (χ0v) is 15.4. The third-order valence-electron chi connectivity index (χ3n) is 3.26. The molecule has 19 heavy (non-hydrogen) atoms. The van der Waals surface area contributed by atoms with Crippen molar-refractivity contribution in [2.24, 2.45) is 0 Å². The Morgan fingerprint density at radius 2 is 1.47 bits per heavy atom. The fraction of sp³-hybridized carbons (Fsp3) is 1.00. The summed E-state index contributed by atoms with van der Waals surface area (Å²) in [4.78, 5) is 0. The number of hydrogen-bond donors (Lipinski definition) is 1. The predicted molar refractivity (Wildman–Crippen MR) is 72.4 cm³/mol. The molecule has 0 heterocycles. The molecule has 2 atom stereocenters. The minimum atomic E-state index is -4.10. The Hall–Kier alpha value is 0.870. The van der Waals surface area contributed by atoms with Gasteiger partial charge < -0.3 is 9.66 Å². The van der Waals surface area contributed by atoms with E-state index < -0.39 is 15.4 Å². The van der Waals surface area contributed by atoms with E-state index in [1.54, 1.807) is 0 Å². The molecular weight excluding hydrogens is 275 g/mol. The summed E-state index contributed by atoms with van der Waals surface area (Å²) in [6.45, 7) is 3.54. The molecule has 0 aromatic heterocycles. The molecule has 0 saturated heterocycles. The molecule has 0 aromatic rings. The van der Waals surface area contributed by atoms with Crippen LogP contribution in [0.15, 0.2) is 0 Å². The summed E-state index contributed by atoms with van der Waals surface area (Å²) in [6.07, 6.45) is 7.94. The van der Waals surface area contributed by atoms with Gasteiger partial charge in [0.1, 0.15) is 0 Å². The summed E-state index contributed by atoms with van der Waals surface area (Å²) in [5.74, 6) is 0. The molecule has 0 saturated carbocycles. The normalized spacial score (nSPS) is 14.7. The number of unbranched alkanes of at least 4 members (excludes halogenated alkanes) is 4. The van der Waals surface area contributed by atoms with Gasteiger partial charge in [-0.3, -0.25) is 0 Å². The van der Waals surface area contributed by atoms with Crippen molar-refractivity contribution in [2.45, 2.75) is 83.0 Å². The molecule has 0 bridgehead atoms. The molecule has 0 aromatic carbocycles. The quantitative estimate of drug-likeness (QED) is 0.326. The third-order valence-corrected chi connectivity index (χ3v) is 4.48. The molecule has 0 amide bonds. The molecule has 0 fully saturated rings. The van der Waals surface area contributed by atoms with Gasteiger partial charge in [0.25, 0.3) is 0 Å². The van der Waals surface area contributed by atoms with Gasteiger partial charge in [-0.25, -0.2) is 8.42 Å². The summed E-state index contributed by atoms with van der Waals surface area (Å²) in [5, 5.41) is 8.75. The molecule has 0 aliphatic rings. The maximum absolute atomic E-state index is 10.7. The number of hydrogen-bond acceptors (Lipinski definition) is 4. The first kappa shape index (κ1) is 22.2. The summed E-state index contributed by atoms with van der Waals surface area (Å²) < 4.78 is 32.0. The van der Waals surface area contributed by atoms with Crippen LogP contribution in [0.5, 0.6) is 0 Å². The van der Waals surface area contributed by atoms with E-state index in [2.05, 4.69) is 6.92 Å².